The van der Waals surface area contributed by atoms with E-state index >= 15 is 0 Å². The van der Waals surface area contributed by atoms with Gasteiger partial charge in [0.2, 0.25) is 5.91 Å². The molecule has 2 N–H and O–H groups in total. The lowest BCUT2D eigenvalue weighted by molar-refractivity contribution is -0.117. The number of rotatable bonds is 7. The monoisotopic (exact) mass is 469 g/mol. The van der Waals surface area contributed by atoms with Crippen LogP contribution in [0.4, 0.5) is 0 Å². The molecule has 0 saturated carbocycles. The van der Waals surface area contributed by atoms with E-state index in [1.54, 1.807) is 10.6 Å². The molecular weight excluding hydrogens is 446 g/mol. The van der Waals surface area contributed by atoms with Gasteiger partial charge in [0.05, 0.1) is 16.3 Å². The van der Waals surface area contributed by atoms with Crippen LogP contribution in [0.25, 0.3) is 21.1 Å². The van der Waals surface area contributed by atoms with Crippen molar-refractivity contribution in [3.05, 3.63) is 66.5 Å². The Labute approximate surface area is 192 Å². The smallest absolute Gasteiger partial charge is 0.281 e. The molecule has 8 nitrogen and oxygen atoms in total. The molecule has 3 heterocycles. The van der Waals surface area contributed by atoms with E-state index in [0.717, 1.165) is 27.1 Å². The summed E-state index contributed by atoms with van der Waals surface area (Å²) in [6.45, 7) is 4.32. The standard InChI is InChI=1S/C22H23N5O3S2/c1-13-14(2)32-19-18(13)21(30)27(12-23-19)25-17(28)10-4-3-7-11-26-20(29)15-8-5-6-9-16(15)24-22(26)31/h5-6,8-9,12H,3-4,7,10-11H2,1-2H3,(H,24,31)(H,25,28). The molecule has 0 aliphatic rings. The molecule has 3 aromatic heterocycles. The molecule has 0 atom stereocenters. The average Bonchev–Trinajstić information content (AvgIpc) is 3.06. The number of aromatic amines is 1. The largest absolute Gasteiger partial charge is 0.332 e. The number of para-hydroxylation sites is 1. The third kappa shape index (κ3) is 4.28. The van der Waals surface area contributed by atoms with Crippen LogP contribution < -0.4 is 16.5 Å². The number of hydrogen-bond acceptors (Lipinski definition) is 6. The van der Waals surface area contributed by atoms with Gasteiger partial charge in [-0.1, -0.05) is 18.6 Å². The van der Waals surface area contributed by atoms with Crippen molar-refractivity contribution in [3.8, 4) is 0 Å². The summed E-state index contributed by atoms with van der Waals surface area (Å²) in [5.41, 5.74) is 3.86. The van der Waals surface area contributed by atoms with E-state index in [1.165, 1.54) is 17.7 Å². The summed E-state index contributed by atoms with van der Waals surface area (Å²) in [6, 6.07) is 7.28. The summed E-state index contributed by atoms with van der Waals surface area (Å²) in [5, 5.41) is 1.15. The average molecular weight is 470 g/mol. The summed E-state index contributed by atoms with van der Waals surface area (Å²) >= 11 is 6.79. The lowest BCUT2D eigenvalue weighted by atomic mass is 10.2. The number of amides is 1. The van der Waals surface area contributed by atoms with Gasteiger partial charge >= 0.3 is 0 Å². The molecule has 10 heteroatoms. The number of aromatic nitrogens is 4. The Morgan fingerprint density at radius 2 is 1.94 bits per heavy atom. The molecule has 1 aromatic carbocycles. The van der Waals surface area contributed by atoms with E-state index in [9.17, 15) is 14.4 Å². The van der Waals surface area contributed by atoms with Gasteiger partial charge in [0, 0.05) is 17.8 Å². The maximum absolute atomic E-state index is 12.7. The van der Waals surface area contributed by atoms with Crippen LogP contribution in [0.3, 0.4) is 0 Å². The van der Waals surface area contributed by atoms with Gasteiger partial charge in [0.15, 0.2) is 4.77 Å². The molecule has 0 aliphatic heterocycles. The minimum Gasteiger partial charge on any atom is -0.332 e. The number of aryl methyl sites for hydroxylation is 2. The zero-order chi connectivity index (χ0) is 22.8. The minimum atomic E-state index is -0.268. The van der Waals surface area contributed by atoms with Crippen molar-refractivity contribution >= 4 is 50.6 Å². The number of nitrogens with one attached hydrogen (secondary N) is 2. The SMILES string of the molecule is Cc1sc2ncn(NC(=O)CCCCCn3c(=S)[nH]c4ccccc4c3=O)c(=O)c2c1C. The van der Waals surface area contributed by atoms with Gasteiger partial charge in [0.1, 0.15) is 11.2 Å². The van der Waals surface area contributed by atoms with Crippen LogP contribution in [0.5, 0.6) is 0 Å². The van der Waals surface area contributed by atoms with Crippen LogP contribution >= 0.6 is 23.6 Å². The second kappa shape index (κ2) is 9.17. The second-order valence-corrected chi connectivity index (χ2v) is 9.25. The van der Waals surface area contributed by atoms with Crippen molar-refractivity contribution in [2.75, 3.05) is 5.43 Å². The van der Waals surface area contributed by atoms with Gasteiger partial charge in [-0.05, 0) is 56.6 Å². The van der Waals surface area contributed by atoms with Crippen LogP contribution in [-0.4, -0.2) is 25.1 Å². The van der Waals surface area contributed by atoms with Crippen molar-refractivity contribution in [2.24, 2.45) is 0 Å². The van der Waals surface area contributed by atoms with Crippen molar-refractivity contribution in [3.63, 3.8) is 0 Å². The fraction of sp³-hybridized carbons (Fsp3) is 0.318. The molecule has 4 rings (SSSR count). The normalized spacial score (nSPS) is 11.3. The highest BCUT2D eigenvalue weighted by atomic mass is 32.1. The van der Waals surface area contributed by atoms with Gasteiger partial charge in [-0.25, -0.2) is 9.66 Å². The Morgan fingerprint density at radius 1 is 1.16 bits per heavy atom. The lowest BCUT2D eigenvalue weighted by Gasteiger charge is -2.09. The first-order valence-corrected chi connectivity index (χ1v) is 11.6. The predicted octanol–water partition coefficient (Wildman–Crippen LogP) is 3.78. The molecule has 4 aromatic rings. The molecule has 0 aliphatic carbocycles. The molecule has 166 valence electrons. The Hall–Kier alpha value is -3.11. The molecule has 0 radical (unpaired) electrons. The van der Waals surface area contributed by atoms with Gasteiger partial charge in [-0.3, -0.25) is 24.4 Å². The third-order valence-corrected chi connectivity index (χ3v) is 6.95. The number of nitrogens with zero attached hydrogens (tertiary/aromatic N) is 3. The summed E-state index contributed by atoms with van der Waals surface area (Å²) in [6.07, 6.45) is 3.71. The Balaban J connectivity index is 1.32. The zero-order valence-electron chi connectivity index (χ0n) is 17.8. The van der Waals surface area contributed by atoms with Crippen LogP contribution in [0, 0.1) is 18.6 Å². The van der Waals surface area contributed by atoms with Crippen LogP contribution in [0.2, 0.25) is 0 Å². The highest BCUT2D eigenvalue weighted by molar-refractivity contribution is 7.71. The fourth-order valence-corrected chi connectivity index (χ4v) is 4.91. The Bertz CT molecular complexity index is 1500. The van der Waals surface area contributed by atoms with Gasteiger partial charge in [-0.15, -0.1) is 11.3 Å². The first-order chi connectivity index (χ1) is 15.4. The van der Waals surface area contributed by atoms with E-state index in [2.05, 4.69) is 15.4 Å². The van der Waals surface area contributed by atoms with E-state index in [-0.39, 0.29) is 23.4 Å². The molecular formula is C22H23N5O3S2. The Kier molecular flexibility index (Phi) is 6.33. The molecule has 0 spiro atoms. The second-order valence-electron chi connectivity index (χ2n) is 7.66. The van der Waals surface area contributed by atoms with Gasteiger partial charge < -0.3 is 4.98 Å². The summed E-state index contributed by atoms with van der Waals surface area (Å²) in [4.78, 5) is 46.7. The van der Waals surface area contributed by atoms with E-state index < -0.39 is 0 Å². The first-order valence-electron chi connectivity index (χ1n) is 10.4. The van der Waals surface area contributed by atoms with E-state index in [0.29, 0.717) is 39.8 Å². The van der Waals surface area contributed by atoms with Crippen molar-refractivity contribution < 1.29 is 4.79 Å². The minimum absolute atomic E-state index is 0.108. The highest BCUT2D eigenvalue weighted by Crippen LogP contribution is 2.25. The third-order valence-electron chi connectivity index (χ3n) is 5.51. The number of fused-ring (bicyclic) bond motifs is 2. The summed E-state index contributed by atoms with van der Waals surface area (Å²) in [7, 11) is 0. The zero-order valence-corrected chi connectivity index (χ0v) is 19.4. The van der Waals surface area contributed by atoms with Gasteiger partial charge in [-0.2, -0.15) is 0 Å². The Morgan fingerprint density at radius 3 is 2.75 bits per heavy atom. The fourth-order valence-electron chi connectivity index (χ4n) is 3.64. The molecule has 1 amide bonds. The number of carbonyl (C=O) groups excluding carboxylic acids is 1. The number of unbranched alkanes of at least 4 members (excludes halogenated alkanes) is 2. The number of hydrogen-bond donors (Lipinski definition) is 2. The van der Waals surface area contributed by atoms with Crippen LogP contribution in [0.15, 0.2) is 40.2 Å². The van der Waals surface area contributed by atoms with Crippen molar-refractivity contribution in [1.82, 2.24) is 19.2 Å². The number of thiophene rings is 1. The molecule has 32 heavy (non-hydrogen) atoms. The van der Waals surface area contributed by atoms with Crippen molar-refractivity contribution in [2.45, 2.75) is 46.1 Å². The summed E-state index contributed by atoms with van der Waals surface area (Å²) < 4.78 is 3.11. The highest BCUT2D eigenvalue weighted by Gasteiger charge is 2.13. The van der Waals surface area contributed by atoms with Crippen LogP contribution in [-0.2, 0) is 11.3 Å². The number of benzene rings is 1. The maximum atomic E-state index is 12.7. The summed E-state index contributed by atoms with van der Waals surface area (Å²) in [5.74, 6) is -0.252. The van der Waals surface area contributed by atoms with E-state index in [4.69, 9.17) is 12.2 Å². The van der Waals surface area contributed by atoms with E-state index in [1.807, 2.05) is 32.0 Å². The quantitative estimate of drug-likeness (QED) is 0.317. The van der Waals surface area contributed by atoms with Gasteiger partial charge in [0.25, 0.3) is 11.1 Å². The first kappa shape index (κ1) is 22.1. The molecule has 0 bridgehead atoms. The van der Waals surface area contributed by atoms with Crippen LogP contribution in [0.1, 0.15) is 36.1 Å². The maximum Gasteiger partial charge on any atom is 0.281 e. The topological polar surface area (TPSA) is 102 Å². The number of carbonyl (C=O) groups is 1. The lowest BCUT2D eigenvalue weighted by Crippen LogP contribution is -2.33. The van der Waals surface area contributed by atoms with Crippen molar-refractivity contribution in [1.29, 1.82) is 0 Å². The number of H-pyrrole nitrogens is 1. The predicted molar refractivity (Wildman–Crippen MR) is 130 cm³/mol. The molecule has 0 fully saturated rings. The molecule has 0 unspecified atom stereocenters. The molecule has 0 saturated heterocycles.